The number of alkyl halides is 2. The van der Waals surface area contributed by atoms with Gasteiger partial charge in [-0.2, -0.15) is 0 Å². The summed E-state index contributed by atoms with van der Waals surface area (Å²) in [7, 11) is 0. The van der Waals surface area contributed by atoms with E-state index in [9.17, 15) is 24.0 Å². The van der Waals surface area contributed by atoms with Gasteiger partial charge in [-0.05, 0) is 12.0 Å². The molecule has 6 nitrogen and oxygen atoms in total. The maximum absolute atomic E-state index is 12.6. The molecule has 0 saturated carbocycles. The van der Waals surface area contributed by atoms with Crippen LogP contribution in [0.1, 0.15) is 25.0 Å². The summed E-state index contributed by atoms with van der Waals surface area (Å²) >= 11 is 0. The van der Waals surface area contributed by atoms with Crippen molar-refractivity contribution >= 4 is 5.69 Å². The molecule has 1 heterocycles. The lowest BCUT2D eigenvalue weighted by Gasteiger charge is -2.41. The lowest BCUT2D eigenvalue weighted by Crippen LogP contribution is -2.54. The number of hydrogen-bond acceptors (Lipinski definition) is 5. The number of nitrogens with zero attached hydrogens (tertiary/aromatic N) is 3. The van der Waals surface area contributed by atoms with Crippen LogP contribution in [0.3, 0.4) is 0 Å². The number of piperazine rings is 1. The van der Waals surface area contributed by atoms with Crippen molar-refractivity contribution in [1.82, 2.24) is 9.80 Å². The highest BCUT2D eigenvalue weighted by Gasteiger charge is 2.28. The summed E-state index contributed by atoms with van der Waals surface area (Å²) in [5.74, 6) is 0. The van der Waals surface area contributed by atoms with Gasteiger partial charge < -0.3 is 5.11 Å². The van der Waals surface area contributed by atoms with E-state index < -0.39 is 17.5 Å². The van der Waals surface area contributed by atoms with E-state index in [1.165, 1.54) is 12.1 Å². The molecule has 1 saturated heterocycles. The third kappa shape index (κ3) is 4.93. The van der Waals surface area contributed by atoms with Crippen molar-refractivity contribution in [2.45, 2.75) is 31.9 Å². The van der Waals surface area contributed by atoms with Crippen LogP contribution < -0.4 is 0 Å². The number of aliphatic hydroxyl groups excluding tert-OH is 1. The Morgan fingerprint density at radius 3 is 2.75 bits per heavy atom. The van der Waals surface area contributed by atoms with E-state index in [1.807, 2.05) is 11.8 Å². The van der Waals surface area contributed by atoms with Crippen LogP contribution in [-0.2, 0) is 0 Å². The van der Waals surface area contributed by atoms with Gasteiger partial charge in [-0.1, -0.05) is 19.1 Å². The zero-order chi connectivity index (χ0) is 17.7. The Morgan fingerprint density at radius 1 is 1.38 bits per heavy atom. The molecule has 1 aliphatic rings. The van der Waals surface area contributed by atoms with Crippen LogP contribution in [0.5, 0.6) is 0 Å². The molecular weight excluding hydrogens is 320 g/mol. The summed E-state index contributed by atoms with van der Waals surface area (Å²) in [6.45, 7) is 3.80. The van der Waals surface area contributed by atoms with Crippen LogP contribution in [0.15, 0.2) is 24.3 Å². The summed E-state index contributed by atoms with van der Waals surface area (Å²) in [6.07, 6.45) is -2.43. The molecule has 134 valence electrons. The van der Waals surface area contributed by atoms with E-state index in [0.29, 0.717) is 31.7 Å². The van der Waals surface area contributed by atoms with Crippen LogP contribution in [0, 0.1) is 10.1 Å². The van der Waals surface area contributed by atoms with E-state index in [-0.39, 0.29) is 18.3 Å². The van der Waals surface area contributed by atoms with Crippen LogP contribution in [-0.4, -0.2) is 65.0 Å². The second kappa shape index (κ2) is 8.46. The Hall–Kier alpha value is -1.64. The molecule has 0 amide bonds. The van der Waals surface area contributed by atoms with Gasteiger partial charge in [0.2, 0.25) is 0 Å². The smallest absolute Gasteiger partial charge is 0.269 e. The molecule has 8 heteroatoms. The summed E-state index contributed by atoms with van der Waals surface area (Å²) in [5, 5.41) is 21.2. The van der Waals surface area contributed by atoms with Crippen LogP contribution in [0.4, 0.5) is 14.5 Å². The minimum absolute atomic E-state index is 0.0325. The standard InChI is InChI=1S/C16H23F2N3O3/c1-2-13-9-19(6-7-20(13)11-16(17)18)10-15(22)12-4-3-5-14(8-12)21(23)24/h3-5,8,13,15-16,22H,2,6-7,9-11H2,1H3. The van der Waals surface area contributed by atoms with Crippen LogP contribution in [0.25, 0.3) is 0 Å². The van der Waals surface area contributed by atoms with Crippen LogP contribution in [0.2, 0.25) is 0 Å². The van der Waals surface area contributed by atoms with Gasteiger partial charge in [-0.15, -0.1) is 0 Å². The van der Waals surface area contributed by atoms with E-state index in [2.05, 4.69) is 0 Å². The molecule has 0 radical (unpaired) electrons. The van der Waals surface area contributed by atoms with E-state index in [4.69, 9.17) is 0 Å². The minimum Gasteiger partial charge on any atom is -0.387 e. The van der Waals surface area contributed by atoms with E-state index >= 15 is 0 Å². The second-order valence-electron chi connectivity index (χ2n) is 6.08. The highest BCUT2D eigenvalue weighted by molar-refractivity contribution is 5.35. The van der Waals surface area contributed by atoms with Crippen molar-refractivity contribution in [2.75, 3.05) is 32.7 Å². The third-order valence-electron chi connectivity index (χ3n) is 4.43. The quantitative estimate of drug-likeness (QED) is 0.608. The molecule has 1 aliphatic heterocycles. The first-order chi connectivity index (χ1) is 11.4. The first kappa shape index (κ1) is 18.7. The Balaban J connectivity index is 1.96. The molecule has 0 bridgehead atoms. The first-order valence-electron chi connectivity index (χ1n) is 8.07. The fraction of sp³-hybridized carbons (Fsp3) is 0.625. The van der Waals surface area contributed by atoms with Gasteiger partial charge in [0, 0.05) is 44.4 Å². The number of β-amino-alcohol motifs (C(OH)–C–C–N with tert-alkyl or cyclic N) is 1. The summed E-state index contributed by atoms with van der Waals surface area (Å²) in [6, 6.07) is 5.99. The number of hydrogen-bond donors (Lipinski definition) is 1. The molecule has 2 rings (SSSR count). The molecule has 1 aromatic carbocycles. The Kier molecular flexibility index (Phi) is 6.59. The van der Waals surface area contributed by atoms with Crippen molar-refractivity contribution in [3.63, 3.8) is 0 Å². The average Bonchev–Trinajstić information content (AvgIpc) is 2.55. The molecule has 0 spiro atoms. The van der Waals surface area contributed by atoms with Crippen molar-refractivity contribution in [2.24, 2.45) is 0 Å². The molecule has 1 N–H and O–H groups in total. The number of non-ortho nitro benzene ring substituents is 1. The number of aliphatic hydroxyl groups is 1. The van der Waals surface area contributed by atoms with Gasteiger partial charge in [0.25, 0.3) is 12.1 Å². The van der Waals surface area contributed by atoms with E-state index in [1.54, 1.807) is 17.0 Å². The zero-order valence-electron chi connectivity index (χ0n) is 13.6. The number of halogens is 2. The van der Waals surface area contributed by atoms with Crippen molar-refractivity contribution in [1.29, 1.82) is 0 Å². The fourth-order valence-corrected chi connectivity index (χ4v) is 3.12. The Labute approximate surface area is 139 Å². The SMILES string of the molecule is CCC1CN(CC(O)c2cccc([N+](=O)[O-])c2)CCN1CC(F)F. The number of nitro benzene ring substituents is 1. The molecule has 2 atom stereocenters. The van der Waals surface area contributed by atoms with Crippen molar-refractivity contribution < 1.29 is 18.8 Å². The van der Waals surface area contributed by atoms with Crippen molar-refractivity contribution in [3.8, 4) is 0 Å². The van der Waals surface area contributed by atoms with Gasteiger partial charge in [0.05, 0.1) is 17.6 Å². The largest absolute Gasteiger partial charge is 0.387 e. The molecule has 2 unspecified atom stereocenters. The number of rotatable bonds is 7. The molecular formula is C16H23F2N3O3. The van der Waals surface area contributed by atoms with Crippen molar-refractivity contribution in [3.05, 3.63) is 39.9 Å². The van der Waals surface area contributed by atoms with Gasteiger partial charge in [-0.3, -0.25) is 19.9 Å². The third-order valence-corrected chi connectivity index (χ3v) is 4.43. The van der Waals surface area contributed by atoms with Gasteiger partial charge >= 0.3 is 0 Å². The monoisotopic (exact) mass is 343 g/mol. The molecule has 24 heavy (non-hydrogen) atoms. The fourth-order valence-electron chi connectivity index (χ4n) is 3.12. The Morgan fingerprint density at radius 2 is 2.12 bits per heavy atom. The maximum Gasteiger partial charge on any atom is 0.269 e. The summed E-state index contributed by atoms with van der Waals surface area (Å²) < 4.78 is 25.2. The molecule has 0 aromatic heterocycles. The average molecular weight is 343 g/mol. The summed E-state index contributed by atoms with van der Waals surface area (Å²) in [5.41, 5.74) is 0.437. The molecule has 1 fully saturated rings. The summed E-state index contributed by atoms with van der Waals surface area (Å²) in [4.78, 5) is 14.1. The number of benzene rings is 1. The second-order valence-corrected chi connectivity index (χ2v) is 6.08. The maximum atomic E-state index is 12.6. The highest BCUT2D eigenvalue weighted by Crippen LogP contribution is 2.22. The molecule has 0 aliphatic carbocycles. The van der Waals surface area contributed by atoms with Gasteiger partial charge in [-0.25, -0.2) is 8.78 Å². The predicted molar refractivity (Wildman–Crippen MR) is 86.2 cm³/mol. The van der Waals surface area contributed by atoms with Gasteiger partial charge in [0.15, 0.2) is 0 Å². The first-order valence-corrected chi connectivity index (χ1v) is 8.07. The lowest BCUT2D eigenvalue weighted by molar-refractivity contribution is -0.385. The van der Waals surface area contributed by atoms with Gasteiger partial charge in [0.1, 0.15) is 0 Å². The minimum atomic E-state index is -2.35. The topological polar surface area (TPSA) is 69.8 Å². The molecule has 1 aromatic rings. The predicted octanol–water partition coefficient (Wildman–Crippen LogP) is 2.29. The highest BCUT2D eigenvalue weighted by atomic mass is 19.3. The zero-order valence-corrected chi connectivity index (χ0v) is 13.6. The normalized spacial score (nSPS) is 21.1. The van der Waals surface area contributed by atoms with Crippen LogP contribution >= 0.6 is 0 Å². The van der Waals surface area contributed by atoms with E-state index in [0.717, 1.165) is 6.42 Å². The number of nitro groups is 1. The lowest BCUT2D eigenvalue weighted by atomic mass is 10.1. The Bertz CT molecular complexity index is 559.